The summed E-state index contributed by atoms with van der Waals surface area (Å²) < 4.78 is 0. The maximum Gasteiger partial charge on any atom is 0.346 e. The summed E-state index contributed by atoms with van der Waals surface area (Å²) >= 11 is 1.31. The Hall–Kier alpha value is -0.910. The molecule has 0 saturated carbocycles. The first-order valence-electron chi connectivity index (χ1n) is 7.01. The van der Waals surface area contributed by atoms with Crippen molar-refractivity contribution < 1.29 is 9.90 Å². The van der Waals surface area contributed by atoms with E-state index in [0.29, 0.717) is 17.5 Å². The topological polar surface area (TPSA) is 52.6 Å². The molecular formula is C14H20N2O2S. The molecule has 0 amide bonds. The molecule has 0 aliphatic carbocycles. The number of fused-ring (bicyclic) bond motifs is 1. The van der Waals surface area contributed by atoms with Crippen molar-refractivity contribution in [3.63, 3.8) is 0 Å². The van der Waals surface area contributed by atoms with Crippen molar-refractivity contribution in [2.75, 3.05) is 13.1 Å². The predicted octanol–water partition coefficient (Wildman–Crippen LogP) is 2.16. The number of nitrogens with zero attached hydrogens (tertiary/aromatic N) is 1. The lowest BCUT2D eigenvalue weighted by molar-refractivity contribution is 0.0700. The zero-order chi connectivity index (χ0) is 13.2. The highest BCUT2D eigenvalue weighted by Gasteiger charge is 2.31. The fourth-order valence-electron chi connectivity index (χ4n) is 3.33. The second-order valence-electron chi connectivity index (χ2n) is 5.51. The molecule has 3 rings (SSSR count). The monoisotopic (exact) mass is 280 g/mol. The largest absolute Gasteiger partial charge is 0.477 e. The number of nitrogens with one attached hydrogen (secondary N) is 1. The van der Waals surface area contributed by atoms with Crippen molar-refractivity contribution in [2.24, 2.45) is 0 Å². The molecule has 2 N–H and O–H groups in total. The van der Waals surface area contributed by atoms with Gasteiger partial charge in [-0.2, -0.15) is 0 Å². The second-order valence-corrected chi connectivity index (χ2v) is 6.43. The van der Waals surface area contributed by atoms with E-state index in [9.17, 15) is 4.79 Å². The Morgan fingerprint density at radius 1 is 1.47 bits per heavy atom. The molecular weight excluding hydrogens is 260 g/mol. The Balaban J connectivity index is 1.55. The van der Waals surface area contributed by atoms with Crippen LogP contribution in [-0.4, -0.2) is 41.1 Å². The van der Waals surface area contributed by atoms with Crippen LogP contribution < -0.4 is 5.32 Å². The summed E-state index contributed by atoms with van der Waals surface area (Å²) in [7, 11) is 0. The number of hydrogen-bond acceptors (Lipinski definition) is 4. The molecule has 2 atom stereocenters. The van der Waals surface area contributed by atoms with Crippen LogP contribution in [0.5, 0.6) is 0 Å². The first kappa shape index (κ1) is 13.1. The Bertz CT molecular complexity index is 460. The fourth-order valence-corrected chi connectivity index (χ4v) is 4.09. The van der Waals surface area contributed by atoms with Gasteiger partial charge in [-0.1, -0.05) is 0 Å². The third kappa shape index (κ3) is 2.83. The molecule has 2 aliphatic heterocycles. The Kier molecular flexibility index (Phi) is 3.86. The average Bonchev–Trinajstić information content (AvgIpc) is 3.04. The van der Waals surface area contributed by atoms with Gasteiger partial charge in [0.15, 0.2) is 0 Å². The minimum absolute atomic E-state index is 0.478. The molecule has 104 valence electrons. The molecule has 2 fully saturated rings. The van der Waals surface area contributed by atoms with E-state index in [1.807, 2.05) is 11.4 Å². The van der Waals surface area contributed by atoms with Gasteiger partial charge < -0.3 is 15.3 Å². The normalized spacial score (nSPS) is 27.4. The van der Waals surface area contributed by atoms with Crippen molar-refractivity contribution in [3.8, 4) is 0 Å². The summed E-state index contributed by atoms with van der Waals surface area (Å²) in [5.41, 5.74) is 0.923. The lowest BCUT2D eigenvalue weighted by atomic mass is 9.97. The van der Waals surface area contributed by atoms with Crippen LogP contribution in [0.1, 0.15) is 40.9 Å². The van der Waals surface area contributed by atoms with E-state index in [1.54, 1.807) is 0 Å². The number of carboxylic acid groups (broad SMARTS) is 1. The van der Waals surface area contributed by atoms with Gasteiger partial charge in [-0.15, -0.1) is 11.3 Å². The van der Waals surface area contributed by atoms with Gasteiger partial charge in [0.25, 0.3) is 0 Å². The molecule has 0 bridgehead atoms. The van der Waals surface area contributed by atoms with Crippen LogP contribution in [-0.2, 0) is 6.54 Å². The van der Waals surface area contributed by atoms with Crippen molar-refractivity contribution in [3.05, 3.63) is 21.9 Å². The highest BCUT2D eigenvalue weighted by molar-refractivity contribution is 7.12. The molecule has 2 unspecified atom stereocenters. The van der Waals surface area contributed by atoms with Crippen LogP contribution in [0.15, 0.2) is 11.4 Å². The molecule has 1 aromatic heterocycles. The molecule has 5 heteroatoms. The van der Waals surface area contributed by atoms with Gasteiger partial charge in [0.1, 0.15) is 4.88 Å². The van der Waals surface area contributed by atoms with Crippen LogP contribution in [0.25, 0.3) is 0 Å². The summed E-state index contributed by atoms with van der Waals surface area (Å²) in [6, 6.07) is 3.22. The molecule has 2 saturated heterocycles. The van der Waals surface area contributed by atoms with Gasteiger partial charge in [0, 0.05) is 18.6 Å². The number of aromatic carboxylic acids is 1. The summed E-state index contributed by atoms with van der Waals surface area (Å²) in [5, 5.41) is 14.5. The number of hydrogen-bond donors (Lipinski definition) is 2. The third-order valence-corrected chi connectivity index (χ3v) is 5.29. The van der Waals surface area contributed by atoms with E-state index >= 15 is 0 Å². The van der Waals surface area contributed by atoms with Gasteiger partial charge in [-0.3, -0.25) is 0 Å². The summed E-state index contributed by atoms with van der Waals surface area (Å²) in [6.45, 7) is 3.14. The number of carbonyl (C=O) groups is 1. The third-order valence-electron chi connectivity index (χ3n) is 4.34. The van der Waals surface area contributed by atoms with Gasteiger partial charge in [0.05, 0.1) is 0 Å². The first-order chi connectivity index (χ1) is 9.24. The van der Waals surface area contributed by atoms with E-state index in [2.05, 4.69) is 10.2 Å². The van der Waals surface area contributed by atoms with Gasteiger partial charge >= 0.3 is 5.97 Å². The van der Waals surface area contributed by atoms with Crippen LogP contribution in [0, 0.1) is 0 Å². The minimum Gasteiger partial charge on any atom is -0.477 e. The van der Waals surface area contributed by atoms with E-state index < -0.39 is 5.97 Å². The molecule has 3 heterocycles. The summed E-state index contributed by atoms with van der Waals surface area (Å²) in [6.07, 6.45) is 5.07. The van der Waals surface area contributed by atoms with E-state index in [0.717, 1.165) is 11.6 Å². The summed E-state index contributed by atoms with van der Waals surface area (Å²) in [5.74, 6) is -0.808. The van der Waals surface area contributed by atoms with Crippen LogP contribution >= 0.6 is 11.3 Å². The quantitative estimate of drug-likeness (QED) is 0.887. The van der Waals surface area contributed by atoms with Crippen molar-refractivity contribution >= 4 is 17.3 Å². The lowest BCUT2D eigenvalue weighted by Crippen LogP contribution is -2.45. The van der Waals surface area contributed by atoms with Gasteiger partial charge in [-0.05, 0) is 55.8 Å². The standard InChI is InChI=1S/C14H20N2O2S/c17-14(18)13-10(4-7-19-13)9-15-11-3-6-16-5-1-2-12(16)8-11/h4,7,11-12,15H,1-3,5-6,8-9H2,(H,17,18). The SMILES string of the molecule is O=C(O)c1sccc1CNC1CCN2CCCC2C1. The highest BCUT2D eigenvalue weighted by atomic mass is 32.1. The van der Waals surface area contributed by atoms with E-state index in [-0.39, 0.29) is 0 Å². The van der Waals surface area contributed by atoms with Gasteiger partial charge in [0.2, 0.25) is 0 Å². The van der Waals surface area contributed by atoms with Crippen molar-refractivity contribution in [2.45, 2.75) is 44.3 Å². The first-order valence-corrected chi connectivity index (χ1v) is 7.89. The van der Waals surface area contributed by atoms with E-state index in [4.69, 9.17) is 5.11 Å². The lowest BCUT2D eigenvalue weighted by Gasteiger charge is -2.35. The number of thiophene rings is 1. The van der Waals surface area contributed by atoms with E-state index in [1.165, 1.54) is 50.1 Å². The zero-order valence-electron chi connectivity index (χ0n) is 11.0. The van der Waals surface area contributed by atoms with Crippen LogP contribution in [0.3, 0.4) is 0 Å². The predicted molar refractivity (Wildman–Crippen MR) is 75.7 cm³/mol. The molecule has 4 nitrogen and oxygen atoms in total. The fraction of sp³-hybridized carbons (Fsp3) is 0.643. The Morgan fingerprint density at radius 2 is 2.37 bits per heavy atom. The zero-order valence-corrected chi connectivity index (χ0v) is 11.8. The number of rotatable bonds is 4. The van der Waals surface area contributed by atoms with Crippen molar-refractivity contribution in [1.29, 1.82) is 0 Å². The van der Waals surface area contributed by atoms with Crippen molar-refractivity contribution in [1.82, 2.24) is 10.2 Å². The van der Waals surface area contributed by atoms with Crippen LogP contribution in [0.4, 0.5) is 0 Å². The molecule has 1 aromatic rings. The minimum atomic E-state index is -0.808. The average molecular weight is 280 g/mol. The number of piperidine rings is 1. The Labute approximate surface area is 117 Å². The molecule has 19 heavy (non-hydrogen) atoms. The summed E-state index contributed by atoms with van der Waals surface area (Å²) in [4.78, 5) is 14.1. The smallest absolute Gasteiger partial charge is 0.346 e. The highest BCUT2D eigenvalue weighted by Crippen LogP contribution is 2.27. The maximum atomic E-state index is 11.1. The second kappa shape index (κ2) is 5.61. The van der Waals surface area contributed by atoms with Crippen LogP contribution in [0.2, 0.25) is 0 Å². The molecule has 2 aliphatic rings. The maximum absolute atomic E-state index is 11.1. The molecule has 0 radical (unpaired) electrons. The number of carboxylic acids is 1. The Morgan fingerprint density at radius 3 is 3.21 bits per heavy atom. The molecule has 0 spiro atoms. The molecule has 0 aromatic carbocycles. The van der Waals surface area contributed by atoms with Gasteiger partial charge in [-0.25, -0.2) is 4.79 Å².